The van der Waals surface area contributed by atoms with E-state index in [0.29, 0.717) is 22.3 Å². The lowest BCUT2D eigenvalue weighted by atomic mass is 10.0. The Kier molecular flexibility index (Phi) is 4.65. The summed E-state index contributed by atoms with van der Waals surface area (Å²) in [6.45, 7) is 0. The third kappa shape index (κ3) is 3.82. The Balaban J connectivity index is 1.72. The fraction of sp³-hybridized carbons (Fsp3) is 0.0476. The molecule has 3 aromatic carbocycles. The first-order chi connectivity index (χ1) is 14.2. The van der Waals surface area contributed by atoms with Crippen LogP contribution in [0.2, 0.25) is 0 Å². The number of halogens is 4. The zero-order chi connectivity index (χ0) is 21.5. The molecular weight excluding hydrogens is 404 g/mol. The van der Waals surface area contributed by atoms with Gasteiger partial charge in [0.2, 0.25) is 0 Å². The van der Waals surface area contributed by atoms with E-state index in [0.717, 1.165) is 6.07 Å². The molecule has 1 N–H and O–H groups in total. The lowest BCUT2D eigenvalue weighted by Crippen LogP contribution is -2.16. The summed E-state index contributed by atoms with van der Waals surface area (Å²) in [4.78, 5) is 15.3. The maximum Gasteiger partial charge on any atom is 0.573 e. The second-order valence-corrected chi connectivity index (χ2v) is 6.36. The van der Waals surface area contributed by atoms with E-state index < -0.39 is 23.7 Å². The summed E-state index contributed by atoms with van der Waals surface area (Å²) in [5, 5.41) is 9.16. The van der Waals surface area contributed by atoms with Gasteiger partial charge in [0, 0.05) is 11.8 Å². The van der Waals surface area contributed by atoms with Crippen molar-refractivity contribution < 1.29 is 32.2 Å². The van der Waals surface area contributed by atoms with Gasteiger partial charge in [-0.2, -0.15) is 0 Å². The number of hydrogen-bond donors (Lipinski definition) is 1. The standard InChI is InChI=1S/C21H12F4N2O3/c22-17-10-18-19(9-16(17)20(28)29)27(11-26-18)14-3-1-2-13(8-14)12-4-6-15(7-5-12)30-21(23,24)25/h1-11H,(H,28,29). The molecule has 0 aliphatic rings. The van der Waals surface area contributed by atoms with Crippen LogP contribution < -0.4 is 4.74 Å². The number of ether oxygens (including phenoxy) is 1. The largest absolute Gasteiger partial charge is 0.573 e. The molecule has 0 radical (unpaired) electrons. The van der Waals surface area contributed by atoms with Gasteiger partial charge < -0.3 is 9.84 Å². The van der Waals surface area contributed by atoms with Crippen molar-refractivity contribution in [3.05, 3.63) is 78.4 Å². The molecular formula is C21H12F4N2O3. The van der Waals surface area contributed by atoms with Gasteiger partial charge in [0.25, 0.3) is 0 Å². The van der Waals surface area contributed by atoms with Crippen LogP contribution in [0.5, 0.6) is 5.75 Å². The van der Waals surface area contributed by atoms with E-state index in [1.54, 1.807) is 28.8 Å². The van der Waals surface area contributed by atoms with Crippen LogP contribution >= 0.6 is 0 Å². The van der Waals surface area contributed by atoms with Crippen molar-refractivity contribution in [1.29, 1.82) is 0 Å². The highest BCUT2D eigenvalue weighted by molar-refractivity contribution is 5.93. The molecule has 0 bridgehead atoms. The van der Waals surface area contributed by atoms with Crippen LogP contribution in [-0.2, 0) is 0 Å². The Hall–Kier alpha value is -3.88. The highest BCUT2D eigenvalue weighted by Gasteiger charge is 2.31. The lowest BCUT2D eigenvalue weighted by Gasteiger charge is -2.10. The Bertz CT molecular complexity index is 1250. The van der Waals surface area contributed by atoms with E-state index in [1.165, 1.54) is 36.7 Å². The third-order valence-electron chi connectivity index (χ3n) is 4.41. The third-order valence-corrected chi connectivity index (χ3v) is 4.41. The smallest absolute Gasteiger partial charge is 0.478 e. The van der Waals surface area contributed by atoms with E-state index in [-0.39, 0.29) is 11.3 Å². The Labute approximate surface area is 166 Å². The van der Waals surface area contributed by atoms with E-state index in [9.17, 15) is 22.4 Å². The number of hydrogen-bond acceptors (Lipinski definition) is 3. The van der Waals surface area contributed by atoms with Crippen LogP contribution in [0.15, 0.2) is 67.0 Å². The van der Waals surface area contributed by atoms with Gasteiger partial charge in [-0.25, -0.2) is 14.2 Å². The predicted molar refractivity (Wildman–Crippen MR) is 100 cm³/mol. The van der Waals surface area contributed by atoms with Crippen LogP contribution in [0.3, 0.4) is 0 Å². The number of alkyl halides is 3. The molecule has 5 nitrogen and oxygen atoms in total. The zero-order valence-electron chi connectivity index (χ0n) is 15.0. The van der Waals surface area contributed by atoms with Crippen molar-refractivity contribution in [3.63, 3.8) is 0 Å². The van der Waals surface area contributed by atoms with Gasteiger partial charge in [-0.3, -0.25) is 4.57 Å². The number of aromatic carboxylic acids is 1. The molecule has 152 valence electrons. The van der Waals surface area contributed by atoms with Crippen molar-refractivity contribution in [2.75, 3.05) is 0 Å². The summed E-state index contributed by atoms with van der Waals surface area (Å²) in [5.41, 5.74) is 2.19. The van der Waals surface area contributed by atoms with Gasteiger partial charge in [-0.05, 0) is 41.5 Å². The first kappa shape index (κ1) is 19.4. The number of benzene rings is 3. The van der Waals surface area contributed by atoms with Crippen LogP contribution in [0.25, 0.3) is 27.8 Å². The number of carboxylic acids is 1. The summed E-state index contributed by atoms with van der Waals surface area (Å²) in [7, 11) is 0. The molecule has 4 aromatic rings. The number of imidazole rings is 1. The van der Waals surface area contributed by atoms with E-state index in [2.05, 4.69) is 9.72 Å². The zero-order valence-corrected chi connectivity index (χ0v) is 15.0. The minimum absolute atomic E-state index is 0.288. The van der Waals surface area contributed by atoms with Crippen LogP contribution in [0, 0.1) is 5.82 Å². The first-order valence-corrected chi connectivity index (χ1v) is 8.58. The molecule has 0 aliphatic carbocycles. The normalized spacial score (nSPS) is 11.6. The average molecular weight is 416 g/mol. The Morgan fingerprint density at radius 2 is 1.73 bits per heavy atom. The quantitative estimate of drug-likeness (QED) is 0.451. The maximum absolute atomic E-state index is 13.9. The predicted octanol–water partition coefficient (Wildman–Crippen LogP) is 5.43. The molecule has 9 heteroatoms. The molecule has 0 amide bonds. The van der Waals surface area contributed by atoms with Crippen molar-refractivity contribution in [1.82, 2.24) is 9.55 Å². The summed E-state index contributed by atoms with van der Waals surface area (Å²) < 4.78 is 56.3. The van der Waals surface area contributed by atoms with Crippen molar-refractivity contribution >= 4 is 17.0 Å². The minimum atomic E-state index is -4.77. The van der Waals surface area contributed by atoms with Gasteiger partial charge in [-0.1, -0.05) is 24.3 Å². The maximum atomic E-state index is 13.9. The topological polar surface area (TPSA) is 64.3 Å². The molecule has 0 atom stereocenters. The molecule has 0 spiro atoms. The van der Waals surface area contributed by atoms with Crippen molar-refractivity contribution in [2.45, 2.75) is 6.36 Å². The molecule has 30 heavy (non-hydrogen) atoms. The number of fused-ring (bicyclic) bond motifs is 1. The number of carboxylic acid groups (broad SMARTS) is 1. The second-order valence-electron chi connectivity index (χ2n) is 6.36. The fourth-order valence-electron chi connectivity index (χ4n) is 3.08. The second kappa shape index (κ2) is 7.18. The van der Waals surface area contributed by atoms with E-state index >= 15 is 0 Å². The highest BCUT2D eigenvalue weighted by Crippen LogP contribution is 2.29. The minimum Gasteiger partial charge on any atom is -0.478 e. The van der Waals surface area contributed by atoms with Gasteiger partial charge in [-0.15, -0.1) is 13.2 Å². The molecule has 0 saturated carbocycles. The lowest BCUT2D eigenvalue weighted by molar-refractivity contribution is -0.274. The molecule has 1 heterocycles. The van der Waals surface area contributed by atoms with Crippen LogP contribution in [-0.4, -0.2) is 27.0 Å². The molecule has 0 saturated heterocycles. The van der Waals surface area contributed by atoms with Gasteiger partial charge in [0.1, 0.15) is 17.9 Å². The average Bonchev–Trinajstić information content (AvgIpc) is 3.09. The monoisotopic (exact) mass is 416 g/mol. The Morgan fingerprint density at radius 1 is 1.00 bits per heavy atom. The highest BCUT2D eigenvalue weighted by atomic mass is 19.4. The summed E-state index contributed by atoms with van der Waals surface area (Å²) in [5.74, 6) is -2.60. The number of carbonyl (C=O) groups is 1. The van der Waals surface area contributed by atoms with Crippen LogP contribution in [0.4, 0.5) is 17.6 Å². The van der Waals surface area contributed by atoms with Gasteiger partial charge in [0.05, 0.1) is 16.6 Å². The summed E-state index contributed by atoms with van der Waals surface area (Å²) >= 11 is 0. The van der Waals surface area contributed by atoms with E-state index in [1.807, 2.05) is 0 Å². The molecule has 0 aliphatic heterocycles. The molecule has 0 fully saturated rings. The van der Waals surface area contributed by atoms with Gasteiger partial charge >= 0.3 is 12.3 Å². The van der Waals surface area contributed by atoms with Crippen molar-refractivity contribution in [2.24, 2.45) is 0 Å². The van der Waals surface area contributed by atoms with Gasteiger partial charge in [0.15, 0.2) is 0 Å². The molecule has 4 rings (SSSR count). The molecule has 0 unspecified atom stereocenters. The summed E-state index contributed by atoms with van der Waals surface area (Å²) in [6, 6.07) is 14.7. The number of aromatic nitrogens is 2. The fourth-order valence-corrected chi connectivity index (χ4v) is 3.08. The first-order valence-electron chi connectivity index (χ1n) is 8.58. The number of rotatable bonds is 4. The van der Waals surface area contributed by atoms with Crippen LogP contribution in [0.1, 0.15) is 10.4 Å². The number of nitrogens with zero attached hydrogens (tertiary/aromatic N) is 2. The SMILES string of the molecule is O=C(O)c1cc2c(cc1F)ncn2-c1cccc(-c2ccc(OC(F)(F)F)cc2)c1. The van der Waals surface area contributed by atoms with E-state index in [4.69, 9.17) is 5.11 Å². The summed E-state index contributed by atoms with van der Waals surface area (Å²) in [6.07, 6.45) is -3.33. The molecule has 1 aromatic heterocycles. The Morgan fingerprint density at radius 3 is 2.40 bits per heavy atom. The van der Waals surface area contributed by atoms with Crippen molar-refractivity contribution in [3.8, 4) is 22.6 Å².